The van der Waals surface area contributed by atoms with Gasteiger partial charge >= 0.3 is 6.03 Å². The molecule has 1 aliphatic rings. The maximum absolute atomic E-state index is 12.4. The summed E-state index contributed by atoms with van der Waals surface area (Å²) in [5.41, 5.74) is 0. The lowest BCUT2D eigenvalue weighted by molar-refractivity contribution is 0.229. The van der Waals surface area contributed by atoms with Gasteiger partial charge in [-0.3, -0.25) is 4.99 Å². The van der Waals surface area contributed by atoms with Crippen LogP contribution in [0.4, 0.5) is 9.93 Å². The first kappa shape index (κ1) is 19.8. The van der Waals surface area contributed by atoms with Crippen LogP contribution in [0.5, 0.6) is 0 Å². The van der Waals surface area contributed by atoms with Crippen LogP contribution in [0.2, 0.25) is 0 Å². The second-order valence-corrected chi connectivity index (χ2v) is 9.24. The Morgan fingerprint density at radius 2 is 1.88 bits per heavy atom. The molecule has 140 valence electrons. The molecule has 1 aromatic rings. The first-order valence-electron chi connectivity index (χ1n) is 8.55. The smallest absolute Gasteiger partial charge is 0.320 e. The molecular formula is C15H25N5O3S2. The van der Waals surface area contributed by atoms with Crippen molar-refractivity contribution in [1.82, 2.24) is 15.1 Å². The van der Waals surface area contributed by atoms with Gasteiger partial charge in [0.05, 0.1) is 12.3 Å². The molecule has 0 unspecified atom stereocenters. The molecule has 1 saturated heterocycles. The summed E-state index contributed by atoms with van der Waals surface area (Å²) in [5, 5.41) is 8.00. The van der Waals surface area contributed by atoms with Gasteiger partial charge in [0.15, 0.2) is 0 Å². The molecule has 1 fully saturated rings. The number of anilines is 1. The number of unbranched alkanes of at least 4 members (excludes halogenated alkanes) is 3. The van der Waals surface area contributed by atoms with Crippen molar-refractivity contribution >= 4 is 38.2 Å². The molecule has 0 bridgehead atoms. The quantitative estimate of drug-likeness (QED) is 0.479. The van der Waals surface area contributed by atoms with Gasteiger partial charge in [-0.15, -0.1) is 10.2 Å². The lowest BCUT2D eigenvalue weighted by Crippen LogP contribution is -2.31. The van der Waals surface area contributed by atoms with Gasteiger partial charge in [-0.1, -0.05) is 44.4 Å². The number of likely N-dealkylation sites (N-methyl/N-ethyl adjacent to an activating group) is 1. The number of aliphatic imine (C=N–C) groups is 1. The second-order valence-electron chi connectivity index (χ2n) is 6.00. The summed E-state index contributed by atoms with van der Waals surface area (Å²) < 4.78 is 24.5. The maximum atomic E-state index is 12.4. The van der Waals surface area contributed by atoms with Crippen molar-refractivity contribution in [1.29, 1.82) is 0 Å². The number of nitrogens with zero attached hydrogens (tertiary/aromatic N) is 5. The van der Waals surface area contributed by atoms with E-state index < -0.39 is 9.84 Å². The third-order valence-corrected chi connectivity index (χ3v) is 6.99. The molecule has 2 heterocycles. The Morgan fingerprint density at radius 1 is 1.16 bits per heavy atom. The Bertz CT molecular complexity index is 729. The topological polar surface area (TPSA) is 95.8 Å². The standard InChI is InChI=1S/C15H25N5O3S2/c1-4-6-8-9-16-12-11-19(3)15(21)20(12)13-17-18-14(24-13)25(22,23)10-7-5-2/h4-11H2,1-3H3. The zero-order valence-electron chi connectivity index (χ0n) is 14.9. The summed E-state index contributed by atoms with van der Waals surface area (Å²) in [7, 11) is -1.77. The van der Waals surface area contributed by atoms with Crippen LogP contribution in [-0.4, -0.2) is 61.3 Å². The number of amides is 2. The van der Waals surface area contributed by atoms with Gasteiger partial charge in [0.2, 0.25) is 19.3 Å². The fraction of sp³-hybridized carbons (Fsp3) is 0.733. The van der Waals surface area contributed by atoms with E-state index in [0.29, 0.717) is 25.3 Å². The summed E-state index contributed by atoms with van der Waals surface area (Å²) in [5.74, 6) is 0.640. The van der Waals surface area contributed by atoms with Crippen LogP contribution in [0, 0.1) is 0 Å². The number of rotatable bonds is 9. The van der Waals surface area contributed by atoms with Gasteiger partial charge in [-0.05, 0) is 12.8 Å². The number of sulfone groups is 1. The van der Waals surface area contributed by atoms with Crippen LogP contribution in [0.25, 0.3) is 0 Å². The predicted molar refractivity (Wildman–Crippen MR) is 99.2 cm³/mol. The number of amidine groups is 1. The first-order chi connectivity index (χ1) is 11.9. The molecular weight excluding hydrogens is 362 g/mol. The Balaban J connectivity index is 2.21. The summed E-state index contributed by atoms with van der Waals surface area (Å²) in [6.45, 7) is 5.08. The first-order valence-corrected chi connectivity index (χ1v) is 11.0. The van der Waals surface area contributed by atoms with Crippen molar-refractivity contribution < 1.29 is 13.2 Å². The average Bonchev–Trinajstić information content (AvgIpc) is 3.16. The highest BCUT2D eigenvalue weighted by Crippen LogP contribution is 2.28. The number of hydrogen-bond donors (Lipinski definition) is 0. The maximum Gasteiger partial charge on any atom is 0.332 e. The molecule has 0 N–H and O–H groups in total. The Labute approximate surface area is 152 Å². The zero-order valence-corrected chi connectivity index (χ0v) is 16.6. The third-order valence-electron chi connectivity index (χ3n) is 3.83. The average molecular weight is 388 g/mol. The summed E-state index contributed by atoms with van der Waals surface area (Å²) >= 11 is 0.928. The van der Waals surface area contributed by atoms with E-state index in [1.165, 1.54) is 9.80 Å². The monoisotopic (exact) mass is 387 g/mol. The fourth-order valence-electron chi connectivity index (χ4n) is 2.35. The van der Waals surface area contributed by atoms with Crippen molar-refractivity contribution in [2.24, 2.45) is 4.99 Å². The Kier molecular flexibility index (Phi) is 6.88. The molecule has 2 amide bonds. The largest absolute Gasteiger partial charge is 0.332 e. The molecule has 1 aromatic heterocycles. The van der Waals surface area contributed by atoms with Crippen molar-refractivity contribution in [3.05, 3.63) is 0 Å². The minimum absolute atomic E-state index is 0.0383. The highest BCUT2D eigenvalue weighted by molar-refractivity contribution is 7.93. The van der Waals surface area contributed by atoms with Gasteiger partial charge in [0.25, 0.3) is 0 Å². The van der Waals surface area contributed by atoms with Crippen molar-refractivity contribution in [2.45, 2.75) is 50.3 Å². The van der Waals surface area contributed by atoms with Crippen LogP contribution < -0.4 is 4.90 Å². The lowest BCUT2D eigenvalue weighted by Gasteiger charge is -2.11. The summed E-state index contributed by atoms with van der Waals surface area (Å²) in [6.07, 6.45) is 4.50. The van der Waals surface area contributed by atoms with Gasteiger partial charge in [0, 0.05) is 13.6 Å². The van der Waals surface area contributed by atoms with Crippen LogP contribution in [0.1, 0.15) is 46.0 Å². The predicted octanol–water partition coefficient (Wildman–Crippen LogP) is 2.57. The van der Waals surface area contributed by atoms with Gasteiger partial charge in [-0.2, -0.15) is 0 Å². The molecule has 0 aromatic carbocycles. The number of hydrogen-bond acceptors (Lipinski definition) is 7. The van der Waals surface area contributed by atoms with Gasteiger partial charge in [-0.25, -0.2) is 18.1 Å². The highest BCUT2D eigenvalue weighted by atomic mass is 32.2. The molecule has 0 spiro atoms. The van der Waals surface area contributed by atoms with Crippen molar-refractivity contribution in [2.75, 3.05) is 30.8 Å². The van der Waals surface area contributed by atoms with Crippen LogP contribution >= 0.6 is 11.3 Å². The Hall–Kier alpha value is -1.55. The SMILES string of the molecule is CCCCCN=C1CN(C)C(=O)N1c1nnc(S(=O)(=O)CCCC)s1. The normalized spacial score (nSPS) is 17.1. The van der Waals surface area contributed by atoms with Gasteiger partial charge < -0.3 is 4.90 Å². The van der Waals surface area contributed by atoms with E-state index in [1.807, 2.05) is 6.92 Å². The number of carbonyl (C=O) groups excluding carboxylic acids is 1. The highest BCUT2D eigenvalue weighted by Gasteiger charge is 2.36. The second kappa shape index (κ2) is 8.70. The summed E-state index contributed by atoms with van der Waals surface area (Å²) in [6, 6.07) is -0.261. The molecule has 0 radical (unpaired) electrons. The van der Waals surface area contributed by atoms with E-state index in [9.17, 15) is 13.2 Å². The molecule has 0 saturated carbocycles. The van der Waals surface area contributed by atoms with E-state index >= 15 is 0 Å². The van der Waals surface area contributed by atoms with Gasteiger partial charge in [0.1, 0.15) is 5.84 Å². The molecule has 2 rings (SSSR count). The van der Waals surface area contributed by atoms with Crippen molar-refractivity contribution in [3.8, 4) is 0 Å². The van der Waals surface area contributed by atoms with E-state index in [-0.39, 0.29) is 21.3 Å². The number of carbonyl (C=O) groups is 1. The van der Waals surface area contributed by atoms with Crippen LogP contribution in [-0.2, 0) is 9.84 Å². The molecule has 0 atom stereocenters. The van der Waals surface area contributed by atoms with Crippen LogP contribution in [0.3, 0.4) is 0 Å². The summed E-state index contributed by atoms with van der Waals surface area (Å²) in [4.78, 5) is 19.8. The minimum atomic E-state index is -3.45. The third kappa shape index (κ3) is 4.75. The molecule has 10 heteroatoms. The Morgan fingerprint density at radius 3 is 2.56 bits per heavy atom. The van der Waals surface area contributed by atoms with Crippen molar-refractivity contribution in [3.63, 3.8) is 0 Å². The number of urea groups is 1. The zero-order chi connectivity index (χ0) is 18.4. The minimum Gasteiger partial charge on any atom is -0.320 e. The van der Waals surface area contributed by atoms with E-state index in [1.54, 1.807) is 7.05 Å². The molecule has 8 nitrogen and oxygen atoms in total. The van der Waals surface area contributed by atoms with E-state index in [2.05, 4.69) is 22.1 Å². The van der Waals surface area contributed by atoms with E-state index in [4.69, 9.17) is 0 Å². The van der Waals surface area contributed by atoms with E-state index in [0.717, 1.165) is 37.0 Å². The molecule has 1 aliphatic heterocycles. The molecule has 0 aliphatic carbocycles. The molecule has 25 heavy (non-hydrogen) atoms. The van der Waals surface area contributed by atoms with Crippen LogP contribution in [0.15, 0.2) is 9.33 Å². The lowest BCUT2D eigenvalue weighted by atomic mass is 10.2. The fourth-order valence-corrected chi connectivity index (χ4v) is 4.94. The number of aromatic nitrogens is 2.